The van der Waals surface area contributed by atoms with Crippen LogP contribution in [0.3, 0.4) is 0 Å². The molecular formula is C11H18F3NO. The van der Waals surface area contributed by atoms with Gasteiger partial charge in [0.1, 0.15) is 0 Å². The van der Waals surface area contributed by atoms with Gasteiger partial charge < -0.3 is 9.64 Å². The molecule has 1 heterocycles. The second kappa shape index (κ2) is 4.18. The predicted molar refractivity (Wildman–Crippen MR) is 54.1 cm³/mol. The van der Waals surface area contributed by atoms with E-state index in [-0.39, 0.29) is 18.4 Å². The molecule has 0 N–H and O–H groups in total. The van der Waals surface area contributed by atoms with Gasteiger partial charge in [0.25, 0.3) is 0 Å². The summed E-state index contributed by atoms with van der Waals surface area (Å²) < 4.78 is 42.6. The van der Waals surface area contributed by atoms with Crippen LogP contribution in [0.2, 0.25) is 0 Å². The summed E-state index contributed by atoms with van der Waals surface area (Å²) in [6.07, 6.45) is -1.58. The lowest BCUT2D eigenvalue weighted by Crippen LogP contribution is -2.33. The molecule has 16 heavy (non-hydrogen) atoms. The molecule has 0 radical (unpaired) electrons. The van der Waals surface area contributed by atoms with E-state index in [1.165, 1.54) is 0 Å². The second-order valence-corrected chi connectivity index (χ2v) is 5.20. The van der Waals surface area contributed by atoms with Crippen LogP contribution < -0.4 is 0 Å². The van der Waals surface area contributed by atoms with E-state index in [0.717, 1.165) is 19.4 Å². The zero-order valence-electron chi connectivity index (χ0n) is 9.52. The number of hydrogen-bond acceptors (Lipinski definition) is 2. The van der Waals surface area contributed by atoms with Crippen molar-refractivity contribution in [3.8, 4) is 0 Å². The summed E-state index contributed by atoms with van der Waals surface area (Å²) in [5, 5.41) is 0. The van der Waals surface area contributed by atoms with E-state index in [9.17, 15) is 13.2 Å². The van der Waals surface area contributed by atoms with Gasteiger partial charge in [-0.25, -0.2) is 0 Å². The Bertz CT molecular complexity index is 250. The van der Waals surface area contributed by atoms with Gasteiger partial charge in [-0.1, -0.05) is 0 Å². The smallest absolute Gasteiger partial charge is 0.384 e. The van der Waals surface area contributed by atoms with Crippen molar-refractivity contribution in [3.05, 3.63) is 0 Å². The molecule has 94 valence electrons. The molecule has 0 amide bonds. The third-order valence-corrected chi connectivity index (χ3v) is 3.70. The highest BCUT2D eigenvalue weighted by Crippen LogP contribution is 2.47. The molecule has 0 aromatic rings. The van der Waals surface area contributed by atoms with Gasteiger partial charge in [0.15, 0.2) is 0 Å². The van der Waals surface area contributed by atoms with Crippen molar-refractivity contribution < 1.29 is 17.9 Å². The molecule has 0 bridgehead atoms. The molecule has 2 fully saturated rings. The normalized spacial score (nSPS) is 29.6. The lowest BCUT2D eigenvalue weighted by Gasteiger charge is -2.23. The Kier molecular flexibility index (Phi) is 3.18. The van der Waals surface area contributed by atoms with Crippen LogP contribution in [0, 0.1) is 11.3 Å². The van der Waals surface area contributed by atoms with Gasteiger partial charge in [0.05, 0.1) is 12.5 Å². The maximum Gasteiger partial charge on any atom is 0.393 e. The molecule has 2 rings (SSSR count). The molecule has 2 nitrogen and oxygen atoms in total. The first-order valence-corrected chi connectivity index (χ1v) is 5.73. The number of methoxy groups -OCH3 is 1. The molecule has 1 saturated heterocycles. The van der Waals surface area contributed by atoms with E-state index < -0.39 is 12.1 Å². The zero-order valence-corrected chi connectivity index (χ0v) is 9.52. The number of nitrogens with zero attached hydrogens (tertiary/aromatic N) is 1. The number of ether oxygens (including phenoxy) is 1. The van der Waals surface area contributed by atoms with Gasteiger partial charge in [-0.15, -0.1) is 0 Å². The first-order valence-electron chi connectivity index (χ1n) is 5.73. The fraction of sp³-hybridized carbons (Fsp3) is 1.00. The Hall–Kier alpha value is -0.290. The van der Waals surface area contributed by atoms with Crippen molar-refractivity contribution in [2.75, 3.05) is 33.4 Å². The molecule has 0 aromatic heterocycles. The van der Waals surface area contributed by atoms with E-state index >= 15 is 0 Å². The van der Waals surface area contributed by atoms with E-state index in [2.05, 4.69) is 0 Å². The van der Waals surface area contributed by atoms with E-state index in [0.29, 0.717) is 13.2 Å². The van der Waals surface area contributed by atoms with Crippen LogP contribution in [0.4, 0.5) is 13.2 Å². The van der Waals surface area contributed by atoms with Crippen molar-refractivity contribution in [2.45, 2.75) is 25.4 Å². The number of alkyl halides is 3. The Labute approximate surface area is 93.7 Å². The van der Waals surface area contributed by atoms with Crippen LogP contribution in [-0.4, -0.2) is 44.4 Å². The molecular weight excluding hydrogens is 219 g/mol. The lowest BCUT2D eigenvalue weighted by atomic mass is 10.1. The number of likely N-dealkylation sites (tertiary alicyclic amines) is 1. The van der Waals surface area contributed by atoms with Gasteiger partial charge in [-0.05, 0) is 25.8 Å². The third-order valence-electron chi connectivity index (χ3n) is 3.70. The van der Waals surface area contributed by atoms with E-state index in [1.807, 2.05) is 4.90 Å². The standard InChI is InChI=1S/C11H18F3NO/c1-16-8-10(3-4-10)7-15-5-2-9(6-15)11(12,13)14/h9H,2-8H2,1H3/t9-/m0/s1. The van der Waals surface area contributed by atoms with Crippen molar-refractivity contribution in [3.63, 3.8) is 0 Å². The van der Waals surface area contributed by atoms with Gasteiger partial charge in [0.2, 0.25) is 0 Å². The topological polar surface area (TPSA) is 12.5 Å². The summed E-state index contributed by atoms with van der Waals surface area (Å²) in [4.78, 5) is 1.95. The molecule has 1 atom stereocenters. The molecule has 5 heteroatoms. The van der Waals surface area contributed by atoms with Crippen molar-refractivity contribution in [1.82, 2.24) is 4.90 Å². The van der Waals surface area contributed by atoms with Crippen LogP contribution in [-0.2, 0) is 4.74 Å². The van der Waals surface area contributed by atoms with Crippen molar-refractivity contribution in [2.24, 2.45) is 11.3 Å². The fourth-order valence-electron chi connectivity index (χ4n) is 2.55. The summed E-state index contributed by atoms with van der Waals surface area (Å²) in [5.41, 5.74) is 0.162. The molecule has 0 spiro atoms. The first-order chi connectivity index (χ1) is 7.45. The minimum absolute atomic E-state index is 0.162. The quantitative estimate of drug-likeness (QED) is 0.744. The van der Waals surface area contributed by atoms with Crippen LogP contribution in [0.5, 0.6) is 0 Å². The summed E-state index contributed by atoms with van der Waals surface area (Å²) in [5.74, 6) is -1.12. The molecule has 1 saturated carbocycles. The van der Waals surface area contributed by atoms with Crippen molar-refractivity contribution in [1.29, 1.82) is 0 Å². The van der Waals surface area contributed by atoms with E-state index in [4.69, 9.17) is 4.74 Å². The largest absolute Gasteiger partial charge is 0.393 e. The summed E-state index contributed by atoms with van der Waals surface area (Å²) in [6.45, 7) is 2.21. The Balaban J connectivity index is 1.81. The molecule has 0 unspecified atom stereocenters. The van der Waals surface area contributed by atoms with Crippen LogP contribution in [0.15, 0.2) is 0 Å². The van der Waals surface area contributed by atoms with Gasteiger partial charge >= 0.3 is 6.18 Å². The summed E-state index contributed by atoms with van der Waals surface area (Å²) in [6, 6.07) is 0. The number of hydrogen-bond donors (Lipinski definition) is 0. The summed E-state index contributed by atoms with van der Waals surface area (Å²) in [7, 11) is 1.66. The minimum Gasteiger partial charge on any atom is -0.384 e. The maximum absolute atomic E-state index is 12.5. The highest BCUT2D eigenvalue weighted by Gasteiger charge is 2.48. The SMILES string of the molecule is COCC1(CN2CC[C@H](C(F)(F)F)C2)CC1. The van der Waals surface area contributed by atoms with Gasteiger partial charge in [-0.3, -0.25) is 0 Å². The monoisotopic (exact) mass is 237 g/mol. The Morgan fingerprint density at radius 2 is 2.06 bits per heavy atom. The zero-order chi connectivity index (χ0) is 11.8. The summed E-state index contributed by atoms with van der Waals surface area (Å²) >= 11 is 0. The fourth-order valence-corrected chi connectivity index (χ4v) is 2.55. The minimum atomic E-state index is -4.02. The van der Waals surface area contributed by atoms with Gasteiger partial charge in [0, 0.05) is 25.6 Å². The second-order valence-electron chi connectivity index (χ2n) is 5.20. The van der Waals surface area contributed by atoms with Crippen LogP contribution >= 0.6 is 0 Å². The Morgan fingerprint density at radius 3 is 2.50 bits per heavy atom. The third kappa shape index (κ3) is 2.69. The van der Waals surface area contributed by atoms with Crippen LogP contribution in [0.25, 0.3) is 0 Å². The average Bonchev–Trinajstić information content (AvgIpc) is 2.75. The van der Waals surface area contributed by atoms with E-state index in [1.54, 1.807) is 7.11 Å². The lowest BCUT2D eigenvalue weighted by molar-refractivity contribution is -0.170. The number of halogens is 3. The highest BCUT2D eigenvalue weighted by molar-refractivity contribution is 4.97. The maximum atomic E-state index is 12.5. The first kappa shape index (κ1) is 12.2. The molecule has 2 aliphatic rings. The average molecular weight is 237 g/mol. The number of rotatable bonds is 4. The Morgan fingerprint density at radius 1 is 1.38 bits per heavy atom. The predicted octanol–water partition coefficient (Wildman–Crippen LogP) is 2.30. The molecule has 1 aliphatic heterocycles. The van der Waals surface area contributed by atoms with Gasteiger partial charge in [-0.2, -0.15) is 13.2 Å². The molecule has 0 aromatic carbocycles. The highest BCUT2D eigenvalue weighted by atomic mass is 19.4. The van der Waals surface area contributed by atoms with Crippen LogP contribution in [0.1, 0.15) is 19.3 Å². The molecule has 1 aliphatic carbocycles. The van der Waals surface area contributed by atoms with Crippen molar-refractivity contribution >= 4 is 0 Å².